The fourth-order valence-corrected chi connectivity index (χ4v) is 3.17. The van der Waals surface area contributed by atoms with Gasteiger partial charge in [0.1, 0.15) is 5.82 Å². The highest BCUT2D eigenvalue weighted by molar-refractivity contribution is 6.30. The van der Waals surface area contributed by atoms with Crippen molar-refractivity contribution in [3.63, 3.8) is 0 Å². The smallest absolute Gasteiger partial charge is 0.181 e. The third kappa shape index (κ3) is 5.18. The van der Waals surface area contributed by atoms with E-state index in [0.29, 0.717) is 0 Å². The van der Waals surface area contributed by atoms with Crippen molar-refractivity contribution >= 4 is 11.6 Å². The summed E-state index contributed by atoms with van der Waals surface area (Å²) in [6, 6.07) is 18.2. The Balaban J connectivity index is 1.77. The quantitative estimate of drug-likeness (QED) is 0.424. The summed E-state index contributed by atoms with van der Waals surface area (Å²) in [4.78, 5) is 4.84. The number of hydrogen-bond donors (Lipinski definition) is 0. The lowest BCUT2D eigenvalue weighted by atomic mass is 10.1. The molecule has 3 aromatic rings. The first-order chi connectivity index (χ1) is 12.8. The number of nitrogens with zero attached hydrogens (tertiary/aromatic N) is 3. The molecule has 3 nitrogen and oxygen atoms in total. The van der Waals surface area contributed by atoms with Crippen molar-refractivity contribution in [1.29, 1.82) is 0 Å². The van der Waals surface area contributed by atoms with E-state index in [1.807, 2.05) is 35.0 Å². The van der Waals surface area contributed by atoms with E-state index in [1.165, 1.54) is 31.2 Å². The van der Waals surface area contributed by atoms with Gasteiger partial charge in [-0.15, -0.1) is 0 Å². The van der Waals surface area contributed by atoms with E-state index in [2.05, 4.69) is 31.2 Å². The van der Waals surface area contributed by atoms with Gasteiger partial charge in [-0.25, -0.2) is 9.67 Å². The van der Waals surface area contributed by atoms with Crippen molar-refractivity contribution in [2.24, 2.45) is 0 Å². The molecule has 136 valence electrons. The van der Waals surface area contributed by atoms with Crippen LogP contribution >= 0.6 is 11.6 Å². The second-order valence-electron chi connectivity index (χ2n) is 6.67. The zero-order valence-electron chi connectivity index (χ0n) is 15.4. The molecule has 0 bridgehead atoms. The maximum absolute atomic E-state index is 6.01. The van der Waals surface area contributed by atoms with Crippen LogP contribution in [0.25, 0.3) is 11.4 Å². The minimum atomic E-state index is 0.724. The van der Waals surface area contributed by atoms with E-state index in [4.69, 9.17) is 21.7 Å². The first-order valence-electron chi connectivity index (χ1n) is 9.50. The van der Waals surface area contributed by atoms with Crippen molar-refractivity contribution in [3.8, 4) is 11.4 Å². The Bertz CT molecular complexity index is 794. The lowest BCUT2D eigenvalue weighted by Crippen LogP contribution is -2.07. The van der Waals surface area contributed by atoms with Gasteiger partial charge in [-0.1, -0.05) is 86.7 Å². The molecule has 1 aromatic heterocycles. The Labute approximate surface area is 161 Å². The van der Waals surface area contributed by atoms with Gasteiger partial charge in [0.2, 0.25) is 0 Å². The fraction of sp³-hybridized carbons (Fsp3) is 0.364. The van der Waals surface area contributed by atoms with E-state index in [9.17, 15) is 0 Å². The molecule has 3 rings (SSSR count). The molecule has 1 heterocycles. The van der Waals surface area contributed by atoms with Crippen molar-refractivity contribution in [1.82, 2.24) is 14.8 Å². The van der Waals surface area contributed by atoms with Crippen LogP contribution in [0, 0.1) is 0 Å². The molecule has 4 heteroatoms. The zero-order chi connectivity index (χ0) is 18.2. The Morgan fingerprint density at radius 3 is 2.35 bits per heavy atom. The number of aromatic nitrogens is 3. The van der Waals surface area contributed by atoms with E-state index in [0.717, 1.165) is 41.6 Å². The molecule has 26 heavy (non-hydrogen) atoms. The van der Waals surface area contributed by atoms with Gasteiger partial charge in [0, 0.05) is 17.0 Å². The summed E-state index contributed by atoms with van der Waals surface area (Å²) < 4.78 is 2.05. The average Bonchev–Trinajstić information content (AvgIpc) is 3.07. The van der Waals surface area contributed by atoms with Gasteiger partial charge >= 0.3 is 0 Å². The Kier molecular flexibility index (Phi) is 6.84. The van der Waals surface area contributed by atoms with Crippen LogP contribution in [-0.2, 0) is 13.0 Å². The lowest BCUT2D eigenvalue weighted by molar-refractivity contribution is 0.586. The largest absolute Gasteiger partial charge is 0.245 e. The van der Waals surface area contributed by atoms with Crippen LogP contribution in [0.15, 0.2) is 54.6 Å². The molecule has 0 aliphatic heterocycles. The predicted octanol–water partition coefficient (Wildman–Crippen LogP) is 6.16. The molecule has 0 atom stereocenters. The summed E-state index contributed by atoms with van der Waals surface area (Å²) in [5.74, 6) is 1.87. The second-order valence-corrected chi connectivity index (χ2v) is 7.10. The van der Waals surface area contributed by atoms with Crippen LogP contribution in [0.1, 0.15) is 50.4 Å². The van der Waals surface area contributed by atoms with Crippen LogP contribution in [0.4, 0.5) is 0 Å². The van der Waals surface area contributed by atoms with Gasteiger partial charge in [-0.2, -0.15) is 5.10 Å². The summed E-state index contributed by atoms with van der Waals surface area (Å²) in [6.45, 7) is 2.97. The van der Waals surface area contributed by atoms with Gasteiger partial charge in [0.25, 0.3) is 0 Å². The monoisotopic (exact) mass is 367 g/mol. The number of halogens is 1. The topological polar surface area (TPSA) is 30.7 Å². The Hall–Kier alpha value is -2.13. The molecule has 0 N–H and O–H groups in total. The molecule has 0 aliphatic rings. The molecule has 0 amide bonds. The van der Waals surface area contributed by atoms with E-state index in [-0.39, 0.29) is 0 Å². The number of rotatable bonds is 9. The van der Waals surface area contributed by atoms with Gasteiger partial charge in [0.05, 0.1) is 6.54 Å². The number of hydrogen-bond acceptors (Lipinski definition) is 2. The molecule has 0 unspecified atom stereocenters. The first-order valence-corrected chi connectivity index (χ1v) is 9.87. The van der Waals surface area contributed by atoms with Gasteiger partial charge in [-0.3, -0.25) is 0 Å². The summed E-state index contributed by atoms with van der Waals surface area (Å²) in [5.41, 5.74) is 2.25. The second kappa shape index (κ2) is 9.54. The third-order valence-corrected chi connectivity index (χ3v) is 4.78. The van der Waals surface area contributed by atoms with E-state index >= 15 is 0 Å². The maximum Gasteiger partial charge on any atom is 0.181 e. The first kappa shape index (κ1) is 18.7. The van der Waals surface area contributed by atoms with Crippen LogP contribution < -0.4 is 0 Å². The van der Waals surface area contributed by atoms with Gasteiger partial charge < -0.3 is 0 Å². The Morgan fingerprint density at radius 1 is 0.885 bits per heavy atom. The molecule has 0 saturated carbocycles. The molecule has 0 aliphatic carbocycles. The number of benzene rings is 2. The third-order valence-electron chi connectivity index (χ3n) is 4.53. The summed E-state index contributed by atoms with van der Waals surface area (Å²) in [7, 11) is 0. The SMILES string of the molecule is CCCCCCCc1nc(-c2ccccc2)nn1Cc1ccc(Cl)cc1. The van der Waals surface area contributed by atoms with Crippen molar-refractivity contribution in [2.45, 2.75) is 52.0 Å². The minimum Gasteiger partial charge on any atom is -0.245 e. The molecule has 0 fully saturated rings. The summed E-state index contributed by atoms with van der Waals surface area (Å²) >= 11 is 6.01. The average molecular weight is 368 g/mol. The molecular formula is C22H26ClN3. The van der Waals surface area contributed by atoms with E-state index < -0.39 is 0 Å². The normalized spacial score (nSPS) is 11.0. The molecule has 2 aromatic carbocycles. The van der Waals surface area contributed by atoms with Crippen LogP contribution in [0.5, 0.6) is 0 Å². The fourth-order valence-electron chi connectivity index (χ4n) is 3.04. The highest BCUT2D eigenvalue weighted by Gasteiger charge is 2.12. The predicted molar refractivity (Wildman–Crippen MR) is 108 cm³/mol. The van der Waals surface area contributed by atoms with Crippen LogP contribution in [0.3, 0.4) is 0 Å². The lowest BCUT2D eigenvalue weighted by Gasteiger charge is -2.06. The number of unbranched alkanes of at least 4 members (excludes halogenated alkanes) is 4. The van der Waals surface area contributed by atoms with Crippen molar-refractivity contribution < 1.29 is 0 Å². The Morgan fingerprint density at radius 2 is 1.62 bits per heavy atom. The molecular weight excluding hydrogens is 342 g/mol. The summed E-state index contributed by atoms with van der Waals surface area (Å²) in [6.07, 6.45) is 7.26. The zero-order valence-corrected chi connectivity index (χ0v) is 16.1. The van der Waals surface area contributed by atoms with Gasteiger partial charge in [0.15, 0.2) is 5.82 Å². The van der Waals surface area contributed by atoms with Crippen molar-refractivity contribution in [3.05, 3.63) is 71.0 Å². The van der Waals surface area contributed by atoms with Crippen LogP contribution in [-0.4, -0.2) is 14.8 Å². The maximum atomic E-state index is 6.01. The highest BCUT2D eigenvalue weighted by Crippen LogP contribution is 2.18. The standard InChI is InChI=1S/C22H26ClN3/c1-2-3-4-5-9-12-21-24-22(19-10-7-6-8-11-19)25-26(21)17-18-13-15-20(23)16-14-18/h6-8,10-11,13-16H,2-5,9,12,17H2,1H3. The number of aryl methyl sites for hydroxylation is 1. The van der Waals surface area contributed by atoms with Crippen molar-refractivity contribution in [2.75, 3.05) is 0 Å². The molecule has 0 spiro atoms. The molecule has 0 radical (unpaired) electrons. The van der Waals surface area contributed by atoms with E-state index in [1.54, 1.807) is 0 Å². The van der Waals surface area contributed by atoms with Gasteiger partial charge in [-0.05, 0) is 24.1 Å². The van der Waals surface area contributed by atoms with Crippen LogP contribution in [0.2, 0.25) is 5.02 Å². The minimum absolute atomic E-state index is 0.724. The molecule has 0 saturated heterocycles. The highest BCUT2D eigenvalue weighted by atomic mass is 35.5. The summed E-state index contributed by atoms with van der Waals surface area (Å²) in [5, 5.41) is 5.54.